The number of aromatic nitrogens is 1. The lowest BCUT2D eigenvalue weighted by molar-refractivity contribution is 0.0992. The average Bonchev–Trinajstić information content (AvgIpc) is 2.76. The van der Waals surface area contributed by atoms with Gasteiger partial charge in [-0.15, -0.1) is 12.4 Å². The van der Waals surface area contributed by atoms with E-state index in [-0.39, 0.29) is 29.5 Å². The number of nitrogens with two attached hydrogens (primary N) is 1. The zero-order valence-electron chi connectivity index (χ0n) is 12.0. The zero-order chi connectivity index (χ0) is 15.2. The third-order valence-corrected chi connectivity index (χ3v) is 4.05. The lowest BCUT2D eigenvalue weighted by Gasteiger charge is -2.06. The Balaban J connectivity index is 0.00000400. The number of hydrogen-bond donors (Lipinski definition) is 3. The first kappa shape index (κ1) is 19.9. The molecule has 0 aromatic carbocycles. The minimum absolute atomic E-state index is 0. The monoisotopic (exact) mass is 340 g/mol. The van der Waals surface area contributed by atoms with Crippen molar-refractivity contribution in [3.8, 4) is 0 Å². The number of hydrogen-bond acceptors (Lipinski definition) is 5. The second kappa shape index (κ2) is 9.00. The van der Waals surface area contributed by atoms with Crippen molar-refractivity contribution >= 4 is 28.3 Å². The molecule has 0 unspecified atom stereocenters. The summed E-state index contributed by atoms with van der Waals surface area (Å²) in [6.07, 6.45) is 1.35. The van der Waals surface area contributed by atoms with Crippen LogP contribution in [0, 0.1) is 0 Å². The van der Waals surface area contributed by atoms with Crippen molar-refractivity contribution in [1.29, 1.82) is 0 Å². The highest BCUT2D eigenvalue weighted by Crippen LogP contribution is 2.12. The van der Waals surface area contributed by atoms with Crippen LogP contribution in [0.3, 0.4) is 0 Å². The summed E-state index contributed by atoms with van der Waals surface area (Å²) < 4.78 is 32.6. The second-order valence-electron chi connectivity index (χ2n) is 4.18. The fourth-order valence-electron chi connectivity index (χ4n) is 1.58. The number of ether oxygens (including phenoxy) is 1. The number of halogens is 1. The molecule has 1 rings (SSSR count). The van der Waals surface area contributed by atoms with Gasteiger partial charge in [0.2, 0.25) is 10.0 Å². The SMILES string of the molecule is COCCNCCNS(=O)(=O)c1cc(C(N)=O)n(C)c1.Cl. The fraction of sp³-hybridized carbons (Fsp3) is 0.545. The first-order valence-electron chi connectivity index (χ1n) is 6.04. The predicted molar refractivity (Wildman–Crippen MR) is 81.1 cm³/mol. The van der Waals surface area contributed by atoms with Gasteiger partial charge in [0.1, 0.15) is 10.6 Å². The largest absolute Gasteiger partial charge is 0.383 e. The van der Waals surface area contributed by atoms with E-state index in [1.165, 1.54) is 16.8 Å². The van der Waals surface area contributed by atoms with Gasteiger partial charge < -0.3 is 20.4 Å². The van der Waals surface area contributed by atoms with Crippen LogP contribution in [0.2, 0.25) is 0 Å². The molecular weight excluding hydrogens is 320 g/mol. The van der Waals surface area contributed by atoms with Crippen LogP contribution in [0.5, 0.6) is 0 Å². The Hall–Kier alpha value is -1.13. The highest BCUT2D eigenvalue weighted by Gasteiger charge is 2.18. The summed E-state index contributed by atoms with van der Waals surface area (Å²) in [6, 6.07) is 1.25. The van der Waals surface area contributed by atoms with E-state index in [4.69, 9.17) is 10.5 Å². The number of nitrogens with zero attached hydrogens (tertiary/aromatic N) is 1. The number of methoxy groups -OCH3 is 1. The van der Waals surface area contributed by atoms with Gasteiger partial charge in [0, 0.05) is 40.0 Å². The van der Waals surface area contributed by atoms with E-state index >= 15 is 0 Å². The molecule has 0 aliphatic heterocycles. The Morgan fingerprint density at radius 1 is 1.38 bits per heavy atom. The maximum atomic E-state index is 12.0. The van der Waals surface area contributed by atoms with Crippen molar-refractivity contribution in [1.82, 2.24) is 14.6 Å². The van der Waals surface area contributed by atoms with Crippen molar-refractivity contribution < 1.29 is 17.9 Å². The van der Waals surface area contributed by atoms with Gasteiger partial charge in [-0.1, -0.05) is 0 Å². The van der Waals surface area contributed by atoms with E-state index in [0.717, 1.165) is 0 Å². The molecule has 8 nitrogen and oxygen atoms in total. The van der Waals surface area contributed by atoms with Gasteiger partial charge in [-0.25, -0.2) is 13.1 Å². The topological polar surface area (TPSA) is 115 Å². The van der Waals surface area contributed by atoms with Crippen LogP contribution >= 0.6 is 12.4 Å². The van der Waals surface area contributed by atoms with Gasteiger partial charge in [-0.05, 0) is 6.07 Å². The summed E-state index contributed by atoms with van der Waals surface area (Å²) in [7, 11) is -0.484. The van der Waals surface area contributed by atoms with E-state index in [0.29, 0.717) is 19.7 Å². The summed E-state index contributed by atoms with van der Waals surface area (Å²) in [5, 5.41) is 3.01. The van der Waals surface area contributed by atoms with Crippen LogP contribution in [-0.2, 0) is 21.8 Å². The first-order chi connectivity index (χ1) is 9.38. The Morgan fingerprint density at radius 3 is 2.57 bits per heavy atom. The summed E-state index contributed by atoms with van der Waals surface area (Å²) in [5.74, 6) is -0.671. The molecule has 0 radical (unpaired) electrons. The second-order valence-corrected chi connectivity index (χ2v) is 5.94. The molecule has 4 N–H and O–H groups in total. The van der Waals surface area contributed by atoms with Gasteiger partial charge >= 0.3 is 0 Å². The summed E-state index contributed by atoms with van der Waals surface area (Å²) in [4.78, 5) is 11.1. The van der Waals surface area contributed by atoms with Crippen molar-refractivity contribution in [2.24, 2.45) is 12.8 Å². The molecule has 0 aliphatic carbocycles. The number of carbonyl (C=O) groups excluding carboxylic acids is 1. The smallest absolute Gasteiger partial charge is 0.265 e. The maximum absolute atomic E-state index is 12.0. The van der Waals surface area contributed by atoms with E-state index in [2.05, 4.69) is 10.0 Å². The molecular formula is C11H21ClN4O4S. The average molecular weight is 341 g/mol. The molecule has 122 valence electrons. The van der Waals surface area contributed by atoms with Gasteiger partial charge in [0.05, 0.1) is 6.61 Å². The number of sulfonamides is 1. The molecule has 1 amide bonds. The first-order valence-corrected chi connectivity index (χ1v) is 7.52. The number of nitrogens with one attached hydrogen (secondary N) is 2. The third kappa shape index (κ3) is 6.02. The fourth-order valence-corrected chi connectivity index (χ4v) is 2.68. The predicted octanol–water partition coefficient (Wildman–Crippen LogP) is -0.940. The number of primary amides is 1. The van der Waals surface area contributed by atoms with Crippen molar-refractivity contribution in [3.63, 3.8) is 0 Å². The van der Waals surface area contributed by atoms with E-state index < -0.39 is 15.9 Å². The van der Waals surface area contributed by atoms with Gasteiger partial charge in [-0.3, -0.25) is 4.79 Å². The quantitative estimate of drug-likeness (QED) is 0.502. The number of rotatable bonds is 9. The number of amides is 1. The molecule has 21 heavy (non-hydrogen) atoms. The molecule has 1 aromatic heterocycles. The van der Waals surface area contributed by atoms with Crippen LogP contribution in [0.4, 0.5) is 0 Å². The Labute approximate surface area is 130 Å². The molecule has 0 saturated heterocycles. The summed E-state index contributed by atoms with van der Waals surface area (Å²) in [5.41, 5.74) is 5.28. The molecule has 0 spiro atoms. The molecule has 1 heterocycles. The van der Waals surface area contributed by atoms with E-state index in [9.17, 15) is 13.2 Å². The minimum atomic E-state index is -3.64. The van der Waals surface area contributed by atoms with Crippen molar-refractivity contribution in [2.75, 3.05) is 33.4 Å². The van der Waals surface area contributed by atoms with Crippen LogP contribution in [-0.4, -0.2) is 52.2 Å². The van der Waals surface area contributed by atoms with Gasteiger partial charge in [-0.2, -0.15) is 0 Å². The van der Waals surface area contributed by atoms with Crippen LogP contribution < -0.4 is 15.8 Å². The molecule has 0 aliphatic rings. The molecule has 0 bridgehead atoms. The number of carbonyl (C=O) groups is 1. The lowest BCUT2D eigenvalue weighted by Crippen LogP contribution is -2.33. The Kier molecular flexibility index (Phi) is 8.52. The highest BCUT2D eigenvalue weighted by atomic mass is 35.5. The van der Waals surface area contributed by atoms with Crippen molar-refractivity contribution in [2.45, 2.75) is 4.90 Å². The number of aryl methyl sites for hydroxylation is 1. The van der Waals surface area contributed by atoms with Gasteiger partial charge in [0.25, 0.3) is 5.91 Å². The summed E-state index contributed by atoms with van der Waals surface area (Å²) >= 11 is 0. The third-order valence-electron chi connectivity index (χ3n) is 2.62. The highest BCUT2D eigenvalue weighted by molar-refractivity contribution is 7.89. The Bertz CT molecular complexity index is 559. The maximum Gasteiger partial charge on any atom is 0.265 e. The van der Waals surface area contributed by atoms with Crippen LogP contribution in [0.15, 0.2) is 17.2 Å². The van der Waals surface area contributed by atoms with Crippen LogP contribution in [0.25, 0.3) is 0 Å². The van der Waals surface area contributed by atoms with E-state index in [1.54, 1.807) is 14.2 Å². The van der Waals surface area contributed by atoms with Gasteiger partial charge in [0.15, 0.2) is 0 Å². The molecule has 1 aromatic rings. The molecule has 0 saturated carbocycles. The Morgan fingerprint density at radius 2 is 2.05 bits per heavy atom. The lowest BCUT2D eigenvalue weighted by atomic mass is 10.4. The van der Waals surface area contributed by atoms with Crippen LogP contribution in [0.1, 0.15) is 10.5 Å². The van der Waals surface area contributed by atoms with E-state index in [1.807, 2.05) is 0 Å². The standard InChI is InChI=1S/C11H20N4O4S.ClH/c1-15-8-9(7-10(15)11(12)16)20(17,18)14-4-3-13-5-6-19-2;/h7-8,13-14H,3-6H2,1-2H3,(H2,12,16);1H. The minimum Gasteiger partial charge on any atom is -0.383 e. The normalized spacial score (nSPS) is 11.1. The zero-order valence-corrected chi connectivity index (χ0v) is 13.6. The molecule has 0 atom stereocenters. The van der Waals surface area contributed by atoms with Crippen molar-refractivity contribution in [3.05, 3.63) is 18.0 Å². The summed E-state index contributed by atoms with van der Waals surface area (Å²) in [6.45, 7) is 1.94. The molecule has 10 heteroatoms. The molecule has 0 fully saturated rings.